The Morgan fingerprint density at radius 3 is 0.850 bits per heavy atom. The number of hydrogen-bond donors (Lipinski definition) is 0. The zero-order valence-corrected chi connectivity index (χ0v) is 58.1. The summed E-state index contributed by atoms with van der Waals surface area (Å²) in [6.45, 7) is 9.91. The van der Waals surface area contributed by atoms with Crippen LogP contribution in [0, 0.1) is 0 Å². The van der Waals surface area contributed by atoms with Crippen molar-refractivity contribution in [1.29, 1.82) is 0 Å². The summed E-state index contributed by atoms with van der Waals surface area (Å²) in [6, 6.07) is 122. The summed E-state index contributed by atoms with van der Waals surface area (Å²) in [5.74, 6) is 1.45. The summed E-state index contributed by atoms with van der Waals surface area (Å²) in [5, 5.41) is 15.6. The number of nitrogens with zero attached hydrogens (tertiary/aromatic N) is 4. The Bertz CT molecular complexity index is 5900. The second-order valence-corrected chi connectivity index (χ2v) is 36.2. The molecule has 0 fully saturated rings. The number of fused-ring (bicyclic) bond motifs is 10. The van der Waals surface area contributed by atoms with Gasteiger partial charge in [0.2, 0.25) is 0 Å². The lowest BCUT2D eigenvalue weighted by Gasteiger charge is -2.20. The second kappa shape index (κ2) is 24.5. The van der Waals surface area contributed by atoms with Crippen LogP contribution in [0.4, 0.5) is 0 Å². The van der Waals surface area contributed by atoms with E-state index in [0.29, 0.717) is 5.82 Å². The first-order valence-electron chi connectivity index (χ1n) is 34.6. The molecule has 100 heavy (non-hydrogen) atoms. The minimum Gasteiger partial charge on any atom is -0.228 e. The fourth-order valence-electron chi connectivity index (χ4n) is 16.1. The summed E-state index contributed by atoms with van der Waals surface area (Å²) in [5.41, 5.74) is 23.0. The highest BCUT2D eigenvalue weighted by molar-refractivity contribution is 7.04. The Hall–Kier alpha value is -12.1. The third kappa shape index (κ3) is 10.2. The zero-order chi connectivity index (χ0) is 67.1. The third-order valence-corrected chi connectivity index (χ3v) is 28.1. The second-order valence-electron chi connectivity index (χ2n) is 27.5. The predicted octanol–water partition coefficient (Wildman–Crippen LogP) is 22.2. The molecule has 19 rings (SSSR count). The molecule has 2 aromatic heterocycles. The average molecular weight is 1310 g/mol. The van der Waals surface area contributed by atoms with E-state index in [2.05, 4.69) is 354 Å². The molecule has 2 aliphatic rings. The van der Waals surface area contributed by atoms with Crippen LogP contribution in [0.25, 0.3) is 167 Å². The van der Waals surface area contributed by atoms with E-state index in [4.69, 9.17) is 19.9 Å². The Balaban J connectivity index is 0.000000145. The molecule has 4 nitrogen and oxygen atoms in total. The highest BCUT2D eigenvalue weighted by Gasteiger charge is 2.39. The smallest absolute Gasteiger partial charge is 0.161 e. The van der Waals surface area contributed by atoms with Crippen LogP contribution in [0.3, 0.4) is 0 Å². The van der Waals surface area contributed by atoms with Crippen molar-refractivity contribution in [1.82, 2.24) is 19.9 Å². The Morgan fingerprint density at radius 2 is 0.450 bits per heavy atom. The van der Waals surface area contributed by atoms with E-state index in [1.54, 1.807) is 0 Å². The van der Waals surface area contributed by atoms with Crippen molar-refractivity contribution in [2.24, 2.45) is 0 Å². The molecule has 0 bridgehead atoms. The molecule has 6 heteroatoms. The van der Waals surface area contributed by atoms with Crippen LogP contribution in [-0.2, 0) is 0 Å². The average Bonchev–Trinajstić information content (AvgIpc) is 1.36. The number of aromatic nitrogens is 4. The molecular formula is C94H68N4Si2. The molecule has 15 aromatic carbocycles. The SMILES string of the molecule is C[Si]1(C)c2ccccc2-c2cc(-c3c4ccccc4c(-c4cc(-c5ccccc5)nc(-c5ccc(-c6ccccc6)cc5)n4)c4ccccc34)ccc21.C[Si]1(C)c2ccccc2-c2cc(-c3c4ccccc4c(-c4nc(-c5ccccc5)cc(-c5ccccc5)n4)c4ccccc34)ccc21. The summed E-state index contributed by atoms with van der Waals surface area (Å²) in [4.78, 5) is 21.1. The van der Waals surface area contributed by atoms with Crippen LogP contribution in [0.5, 0.6) is 0 Å². The van der Waals surface area contributed by atoms with E-state index in [1.165, 1.54) is 109 Å². The van der Waals surface area contributed by atoms with Crippen molar-refractivity contribution in [3.63, 3.8) is 0 Å². The van der Waals surface area contributed by atoms with Crippen molar-refractivity contribution in [2.75, 3.05) is 0 Å². The molecule has 0 atom stereocenters. The molecule has 0 N–H and O–H groups in total. The monoisotopic (exact) mass is 1310 g/mol. The van der Waals surface area contributed by atoms with Gasteiger partial charge in [-0.05, 0) is 144 Å². The number of rotatable bonds is 9. The topological polar surface area (TPSA) is 51.6 Å². The van der Waals surface area contributed by atoms with Gasteiger partial charge in [-0.3, -0.25) is 0 Å². The number of benzene rings is 15. The van der Waals surface area contributed by atoms with Crippen LogP contribution >= 0.6 is 0 Å². The summed E-state index contributed by atoms with van der Waals surface area (Å²) in [7, 11) is -3.52. The first-order chi connectivity index (χ1) is 49.1. The zero-order valence-electron chi connectivity index (χ0n) is 56.1. The van der Waals surface area contributed by atoms with Gasteiger partial charge in [0.25, 0.3) is 0 Å². The lowest BCUT2D eigenvalue weighted by atomic mass is 9.86. The van der Waals surface area contributed by atoms with E-state index >= 15 is 0 Å². The van der Waals surface area contributed by atoms with Gasteiger partial charge in [0.1, 0.15) is 16.1 Å². The van der Waals surface area contributed by atoms with Crippen LogP contribution in [0.15, 0.2) is 340 Å². The van der Waals surface area contributed by atoms with Crippen LogP contribution in [-0.4, -0.2) is 36.1 Å². The lowest BCUT2D eigenvalue weighted by molar-refractivity contribution is 1.19. The molecule has 2 aliphatic heterocycles. The van der Waals surface area contributed by atoms with Gasteiger partial charge in [0, 0.05) is 33.4 Å². The Kier molecular flexibility index (Phi) is 14.8. The molecule has 0 spiro atoms. The first-order valence-corrected chi connectivity index (χ1v) is 40.6. The fraction of sp³-hybridized carbons (Fsp3) is 0.0426. The van der Waals surface area contributed by atoms with Gasteiger partial charge >= 0.3 is 0 Å². The summed E-state index contributed by atoms with van der Waals surface area (Å²) >= 11 is 0. The van der Waals surface area contributed by atoms with Gasteiger partial charge in [0.15, 0.2) is 11.6 Å². The molecule has 0 amide bonds. The normalized spacial score (nSPS) is 13.0. The molecule has 0 aliphatic carbocycles. The third-order valence-electron chi connectivity index (χ3n) is 21.0. The van der Waals surface area contributed by atoms with E-state index < -0.39 is 16.1 Å². The molecule has 4 heterocycles. The molecular weight excluding hydrogens is 1240 g/mol. The van der Waals surface area contributed by atoms with Crippen molar-refractivity contribution in [3.8, 4) is 123 Å². The van der Waals surface area contributed by atoms with Gasteiger partial charge < -0.3 is 0 Å². The van der Waals surface area contributed by atoms with E-state index in [0.717, 1.165) is 72.8 Å². The predicted molar refractivity (Wildman–Crippen MR) is 427 cm³/mol. The first kappa shape index (κ1) is 60.4. The maximum atomic E-state index is 5.39. The van der Waals surface area contributed by atoms with Crippen molar-refractivity contribution < 1.29 is 0 Å². The van der Waals surface area contributed by atoms with Gasteiger partial charge in [-0.1, -0.05) is 342 Å². The fourth-order valence-corrected chi connectivity index (χ4v) is 22.3. The molecule has 0 radical (unpaired) electrons. The minimum atomic E-state index is -1.77. The van der Waals surface area contributed by atoms with E-state index in [1.807, 2.05) is 12.1 Å². The summed E-state index contributed by atoms with van der Waals surface area (Å²) in [6.07, 6.45) is 0. The molecule has 0 saturated heterocycles. The largest absolute Gasteiger partial charge is 0.228 e. The quantitative estimate of drug-likeness (QED) is 0.107. The van der Waals surface area contributed by atoms with Crippen LogP contribution in [0.1, 0.15) is 0 Å². The summed E-state index contributed by atoms with van der Waals surface area (Å²) < 4.78 is 0. The highest BCUT2D eigenvalue weighted by Crippen LogP contribution is 2.48. The lowest BCUT2D eigenvalue weighted by Crippen LogP contribution is -2.49. The van der Waals surface area contributed by atoms with E-state index in [-0.39, 0.29) is 0 Å². The van der Waals surface area contributed by atoms with Gasteiger partial charge in [-0.25, -0.2) is 19.9 Å². The highest BCUT2D eigenvalue weighted by atomic mass is 28.3. The molecule has 472 valence electrons. The Morgan fingerprint density at radius 1 is 0.180 bits per heavy atom. The van der Waals surface area contributed by atoms with Crippen molar-refractivity contribution in [2.45, 2.75) is 26.2 Å². The van der Waals surface area contributed by atoms with Crippen molar-refractivity contribution in [3.05, 3.63) is 340 Å². The standard InChI is InChI=1S/C50H36N2Si.C44H32N2Si/c1-53(2)46-24-14-13-19-38(46)43-31-37(29-30-47(43)53)48-39-20-9-11-22-41(39)49(42-23-12-10-21-40(42)48)45-32-44(35-17-7-4-8-18-35)51-50(52-45)36-27-25-34(26-28-36)33-15-5-3-6-16-33;1-47(2)40-24-14-13-19-32(40)37-27-31(25-26-41(37)47)42-33-20-9-11-22-35(33)43(36-23-12-10-21-34(36)42)44-45-38(29-15-5-3-6-16-29)28-39(46-44)30-17-7-4-8-18-30/h3-32H,1-2H3;3-28H,1-2H3. The maximum absolute atomic E-state index is 5.39. The van der Waals surface area contributed by atoms with Gasteiger partial charge in [0.05, 0.1) is 22.8 Å². The molecule has 17 aromatic rings. The van der Waals surface area contributed by atoms with Crippen LogP contribution < -0.4 is 20.7 Å². The van der Waals surface area contributed by atoms with Gasteiger partial charge in [-0.15, -0.1) is 0 Å². The van der Waals surface area contributed by atoms with E-state index in [9.17, 15) is 0 Å². The molecule has 0 saturated carbocycles. The van der Waals surface area contributed by atoms with Crippen molar-refractivity contribution >= 4 is 80.0 Å². The van der Waals surface area contributed by atoms with Crippen LogP contribution in [0.2, 0.25) is 26.2 Å². The number of hydrogen-bond acceptors (Lipinski definition) is 4. The Labute approximate surface area is 585 Å². The minimum absolute atomic E-state index is 0.710. The van der Waals surface area contributed by atoms with Gasteiger partial charge in [-0.2, -0.15) is 0 Å². The molecule has 0 unspecified atom stereocenters. The maximum Gasteiger partial charge on any atom is 0.161 e.